The van der Waals surface area contributed by atoms with E-state index in [1.54, 1.807) is 18.2 Å². The van der Waals surface area contributed by atoms with Crippen molar-refractivity contribution >= 4 is 21.6 Å². The average molecular weight is 340 g/mol. The van der Waals surface area contributed by atoms with E-state index in [0.29, 0.717) is 29.1 Å². The van der Waals surface area contributed by atoms with E-state index >= 15 is 0 Å². The molecule has 3 nitrogen and oxygen atoms in total. The molecule has 2 N–H and O–H groups in total. The molecule has 0 heterocycles. The van der Waals surface area contributed by atoms with Crippen LogP contribution in [0.25, 0.3) is 0 Å². The summed E-state index contributed by atoms with van der Waals surface area (Å²) in [5, 5.41) is 0. The van der Waals surface area contributed by atoms with Crippen LogP contribution in [0.1, 0.15) is 6.42 Å². The first-order valence-electron chi connectivity index (χ1n) is 6.21. The maximum absolute atomic E-state index is 13.0. The highest BCUT2D eigenvalue weighted by Gasteiger charge is 2.01. The third-order valence-electron chi connectivity index (χ3n) is 2.58. The number of nitrogens with two attached hydrogens (primary N) is 1. The van der Waals surface area contributed by atoms with Gasteiger partial charge in [0.15, 0.2) is 0 Å². The molecule has 0 aliphatic carbocycles. The first-order chi connectivity index (χ1) is 9.65. The standard InChI is InChI=1S/C15H15BrFNO2/c16-14-10-13(5-6-15(14)17)20-8-2-7-19-12-4-1-3-11(18)9-12/h1,3-6,9-10H,2,7-8,18H2. The third kappa shape index (κ3) is 4.42. The molecule has 2 aromatic carbocycles. The van der Waals surface area contributed by atoms with Crippen molar-refractivity contribution in [3.63, 3.8) is 0 Å². The van der Waals surface area contributed by atoms with Crippen LogP contribution in [0.2, 0.25) is 0 Å². The fourth-order valence-corrected chi connectivity index (χ4v) is 1.97. The Morgan fingerprint density at radius 1 is 1.00 bits per heavy atom. The van der Waals surface area contributed by atoms with Gasteiger partial charge in [-0.05, 0) is 46.3 Å². The Labute approximate surface area is 125 Å². The van der Waals surface area contributed by atoms with Crippen LogP contribution < -0.4 is 15.2 Å². The molecule has 5 heteroatoms. The predicted molar refractivity (Wildman–Crippen MR) is 80.6 cm³/mol. The topological polar surface area (TPSA) is 44.5 Å². The molecule has 0 aromatic heterocycles. The zero-order chi connectivity index (χ0) is 14.4. The molecule has 0 bridgehead atoms. The number of benzene rings is 2. The Hall–Kier alpha value is -1.75. The van der Waals surface area contributed by atoms with Crippen LogP contribution in [0.15, 0.2) is 46.9 Å². The van der Waals surface area contributed by atoms with Crippen LogP contribution in [-0.2, 0) is 0 Å². The van der Waals surface area contributed by atoms with Crippen LogP contribution in [0, 0.1) is 5.82 Å². The molecule has 20 heavy (non-hydrogen) atoms. The van der Waals surface area contributed by atoms with E-state index in [4.69, 9.17) is 15.2 Å². The van der Waals surface area contributed by atoms with Gasteiger partial charge in [-0.25, -0.2) is 4.39 Å². The van der Waals surface area contributed by atoms with Gasteiger partial charge in [0.25, 0.3) is 0 Å². The molecule has 0 radical (unpaired) electrons. The van der Waals surface area contributed by atoms with Gasteiger partial charge in [-0.2, -0.15) is 0 Å². The van der Waals surface area contributed by atoms with E-state index in [1.807, 2.05) is 18.2 Å². The van der Waals surface area contributed by atoms with Crippen molar-refractivity contribution in [1.29, 1.82) is 0 Å². The number of anilines is 1. The third-order valence-corrected chi connectivity index (χ3v) is 3.18. The second-order valence-electron chi connectivity index (χ2n) is 4.20. The quantitative estimate of drug-likeness (QED) is 0.638. The monoisotopic (exact) mass is 339 g/mol. The predicted octanol–water partition coefficient (Wildman–Crippen LogP) is 4.02. The molecule has 0 aliphatic rings. The SMILES string of the molecule is Nc1cccc(OCCCOc2ccc(F)c(Br)c2)c1. The summed E-state index contributed by atoms with van der Waals surface area (Å²) in [6.07, 6.45) is 0.726. The summed E-state index contributed by atoms with van der Waals surface area (Å²) in [5.41, 5.74) is 6.33. The molecule has 0 unspecified atom stereocenters. The largest absolute Gasteiger partial charge is 0.493 e. The second kappa shape index (κ2) is 7.14. The Bertz CT molecular complexity index is 578. The summed E-state index contributed by atoms with van der Waals surface area (Å²) >= 11 is 3.11. The minimum absolute atomic E-state index is 0.303. The van der Waals surface area contributed by atoms with E-state index in [1.165, 1.54) is 6.07 Å². The number of nitrogen functional groups attached to an aromatic ring is 1. The zero-order valence-corrected chi connectivity index (χ0v) is 12.4. The van der Waals surface area contributed by atoms with E-state index in [9.17, 15) is 4.39 Å². The van der Waals surface area contributed by atoms with Gasteiger partial charge in [0.05, 0.1) is 17.7 Å². The number of ether oxygens (including phenoxy) is 2. The lowest BCUT2D eigenvalue weighted by Crippen LogP contribution is -2.05. The van der Waals surface area contributed by atoms with Crippen molar-refractivity contribution in [3.05, 3.63) is 52.8 Å². The number of halogens is 2. The smallest absolute Gasteiger partial charge is 0.137 e. The molecule has 0 spiro atoms. The van der Waals surface area contributed by atoms with Crippen molar-refractivity contribution in [2.24, 2.45) is 0 Å². The number of rotatable bonds is 6. The molecular weight excluding hydrogens is 325 g/mol. The van der Waals surface area contributed by atoms with Gasteiger partial charge in [-0.3, -0.25) is 0 Å². The van der Waals surface area contributed by atoms with Crippen molar-refractivity contribution in [2.75, 3.05) is 18.9 Å². The lowest BCUT2D eigenvalue weighted by Gasteiger charge is -2.08. The van der Waals surface area contributed by atoms with Crippen LogP contribution in [-0.4, -0.2) is 13.2 Å². The van der Waals surface area contributed by atoms with Crippen molar-refractivity contribution < 1.29 is 13.9 Å². The highest BCUT2D eigenvalue weighted by molar-refractivity contribution is 9.10. The average Bonchev–Trinajstić information content (AvgIpc) is 2.42. The summed E-state index contributed by atoms with van der Waals surface area (Å²) in [5.74, 6) is 1.07. The normalized spacial score (nSPS) is 10.3. The Morgan fingerprint density at radius 3 is 2.35 bits per heavy atom. The number of hydrogen-bond donors (Lipinski definition) is 1. The molecule has 2 rings (SSSR count). The fraction of sp³-hybridized carbons (Fsp3) is 0.200. The molecule has 0 saturated carbocycles. The number of hydrogen-bond acceptors (Lipinski definition) is 3. The van der Waals surface area contributed by atoms with Crippen LogP contribution in [0.4, 0.5) is 10.1 Å². The van der Waals surface area contributed by atoms with Gasteiger partial charge in [-0.15, -0.1) is 0 Å². The first-order valence-corrected chi connectivity index (χ1v) is 7.00. The lowest BCUT2D eigenvalue weighted by molar-refractivity contribution is 0.247. The Balaban J connectivity index is 1.70. The molecule has 0 saturated heterocycles. The Morgan fingerprint density at radius 2 is 1.70 bits per heavy atom. The van der Waals surface area contributed by atoms with Crippen molar-refractivity contribution in [2.45, 2.75) is 6.42 Å². The Kier molecular flexibility index (Phi) is 5.24. The first kappa shape index (κ1) is 14.7. The fourth-order valence-electron chi connectivity index (χ4n) is 1.61. The molecule has 0 aliphatic heterocycles. The maximum Gasteiger partial charge on any atom is 0.137 e. The van der Waals surface area contributed by atoms with E-state index in [0.717, 1.165) is 12.2 Å². The summed E-state index contributed by atoms with van der Waals surface area (Å²) in [6.45, 7) is 1.03. The van der Waals surface area contributed by atoms with E-state index < -0.39 is 0 Å². The zero-order valence-electron chi connectivity index (χ0n) is 10.8. The van der Waals surface area contributed by atoms with Crippen molar-refractivity contribution in [3.8, 4) is 11.5 Å². The highest BCUT2D eigenvalue weighted by atomic mass is 79.9. The minimum atomic E-state index is -0.303. The van der Waals surface area contributed by atoms with Crippen LogP contribution in [0.5, 0.6) is 11.5 Å². The molecule has 2 aromatic rings. The van der Waals surface area contributed by atoms with Gasteiger partial charge in [0, 0.05) is 18.2 Å². The molecular formula is C15H15BrFNO2. The van der Waals surface area contributed by atoms with E-state index in [-0.39, 0.29) is 5.82 Å². The van der Waals surface area contributed by atoms with Gasteiger partial charge >= 0.3 is 0 Å². The van der Waals surface area contributed by atoms with Crippen LogP contribution >= 0.6 is 15.9 Å². The maximum atomic E-state index is 13.0. The molecule has 0 atom stereocenters. The summed E-state index contributed by atoms with van der Waals surface area (Å²) in [6, 6.07) is 11.8. The van der Waals surface area contributed by atoms with E-state index in [2.05, 4.69) is 15.9 Å². The van der Waals surface area contributed by atoms with Gasteiger partial charge in [-0.1, -0.05) is 6.07 Å². The van der Waals surface area contributed by atoms with Crippen LogP contribution in [0.3, 0.4) is 0 Å². The summed E-state index contributed by atoms with van der Waals surface area (Å²) < 4.78 is 24.5. The molecule has 0 fully saturated rings. The molecule has 106 valence electrons. The summed E-state index contributed by atoms with van der Waals surface area (Å²) in [4.78, 5) is 0. The molecule has 0 amide bonds. The van der Waals surface area contributed by atoms with Crippen molar-refractivity contribution in [1.82, 2.24) is 0 Å². The highest BCUT2D eigenvalue weighted by Crippen LogP contribution is 2.21. The minimum Gasteiger partial charge on any atom is -0.493 e. The van der Waals surface area contributed by atoms with Gasteiger partial charge in [0.1, 0.15) is 17.3 Å². The lowest BCUT2D eigenvalue weighted by atomic mass is 10.3. The van der Waals surface area contributed by atoms with Gasteiger partial charge in [0.2, 0.25) is 0 Å². The summed E-state index contributed by atoms with van der Waals surface area (Å²) in [7, 11) is 0. The second-order valence-corrected chi connectivity index (χ2v) is 5.05. The van der Waals surface area contributed by atoms with Gasteiger partial charge < -0.3 is 15.2 Å².